The van der Waals surface area contributed by atoms with E-state index in [1.165, 1.54) is 16.8 Å². The standard InChI is InChI=1S/C18H23N3O2/c1-4-5-13-20-17(22)12-11-16(19-20)18(23)21(14(2)3)15-9-7-6-8-10-15/h6-12,14H,4-5,13H2,1-3H3. The van der Waals surface area contributed by atoms with E-state index in [2.05, 4.69) is 12.0 Å². The van der Waals surface area contributed by atoms with E-state index in [-0.39, 0.29) is 17.5 Å². The van der Waals surface area contributed by atoms with Gasteiger partial charge in [0.05, 0.1) is 0 Å². The third-order valence-electron chi connectivity index (χ3n) is 3.58. The number of anilines is 1. The average molecular weight is 313 g/mol. The fourth-order valence-electron chi connectivity index (χ4n) is 2.39. The normalized spacial score (nSPS) is 10.8. The summed E-state index contributed by atoms with van der Waals surface area (Å²) >= 11 is 0. The zero-order chi connectivity index (χ0) is 16.8. The molecule has 122 valence electrons. The summed E-state index contributed by atoms with van der Waals surface area (Å²) in [6.07, 6.45) is 1.82. The molecule has 0 radical (unpaired) electrons. The molecule has 0 aliphatic heterocycles. The number of unbranched alkanes of at least 4 members (excludes halogenated alkanes) is 1. The van der Waals surface area contributed by atoms with Crippen molar-refractivity contribution in [2.24, 2.45) is 0 Å². The number of aromatic nitrogens is 2. The Morgan fingerprint density at radius 1 is 1.17 bits per heavy atom. The van der Waals surface area contributed by atoms with E-state index in [1.807, 2.05) is 44.2 Å². The maximum absolute atomic E-state index is 12.9. The van der Waals surface area contributed by atoms with Crippen LogP contribution < -0.4 is 10.5 Å². The van der Waals surface area contributed by atoms with E-state index in [0.29, 0.717) is 12.2 Å². The Morgan fingerprint density at radius 3 is 2.48 bits per heavy atom. The summed E-state index contributed by atoms with van der Waals surface area (Å²) in [5.74, 6) is -0.198. The summed E-state index contributed by atoms with van der Waals surface area (Å²) in [6, 6.07) is 12.4. The molecule has 2 aromatic rings. The number of nitrogens with zero attached hydrogens (tertiary/aromatic N) is 3. The molecular formula is C18H23N3O2. The van der Waals surface area contributed by atoms with Gasteiger partial charge in [0, 0.05) is 24.3 Å². The smallest absolute Gasteiger partial charge is 0.278 e. The van der Waals surface area contributed by atoms with Crippen LogP contribution in [0, 0.1) is 0 Å². The van der Waals surface area contributed by atoms with E-state index in [0.717, 1.165) is 18.5 Å². The number of carbonyl (C=O) groups is 1. The first-order chi connectivity index (χ1) is 11.0. The van der Waals surface area contributed by atoms with Gasteiger partial charge < -0.3 is 4.90 Å². The monoisotopic (exact) mass is 313 g/mol. The second-order valence-electron chi connectivity index (χ2n) is 5.74. The van der Waals surface area contributed by atoms with Crippen LogP contribution in [-0.2, 0) is 6.54 Å². The van der Waals surface area contributed by atoms with Gasteiger partial charge in [-0.3, -0.25) is 9.59 Å². The van der Waals surface area contributed by atoms with Crippen molar-refractivity contribution >= 4 is 11.6 Å². The van der Waals surface area contributed by atoms with Gasteiger partial charge >= 0.3 is 0 Å². The van der Waals surface area contributed by atoms with Crippen LogP contribution in [0.15, 0.2) is 47.3 Å². The lowest BCUT2D eigenvalue weighted by Crippen LogP contribution is -2.38. The van der Waals surface area contributed by atoms with Gasteiger partial charge in [0.1, 0.15) is 5.69 Å². The average Bonchev–Trinajstić information content (AvgIpc) is 2.55. The largest absolute Gasteiger partial charge is 0.304 e. The van der Waals surface area contributed by atoms with Crippen LogP contribution in [0.4, 0.5) is 5.69 Å². The van der Waals surface area contributed by atoms with Gasteiger partial charge in [0.25, 0.3) is 11.5 Å². The van der Waals surface area contributed by atoms with Crippen molar-refractivity contribution in [1.82, 2.24) is 9.78 Å². The van der Waals surface area contributed by atoms with Crippen molar-refractivity contribution in [3.8, 4) is 0 Å². The molecule has 2 rings (SSSR count). The van der Waals surface area contributed by atoms with Crippen molar-refractivity contribution in [3.05, 3.63) is 58.5 Å². The summed E-state index contributed by atoms with van der Waals surface area (Å²) < 4.78 is 1.38. The molecule has 0 bridgehead atoms. The summed E-state index contributed by atoms with van der Waals surface area (Å²) in [7, 11) is 0. The lowest BCUT2D eigenvalue weighted by molar-refractivity contribution is 0.0973. The predicted molar refractivity (Wildman–Crippen MR) is 91.8 cm³/mol. The van der Waals surface area contributed by atoms with Gasteiger partial charge in [-0.2, -0.15) is 5.10 Å². The molecule has 1 aromatic carbocycles. The number of carbonyl (C=O) groups excluding carboxylic acids is 1. The summed E-state index contributed by atoms with van der Waals surface area (Å²) in [5.41, 5.74) is 0.935. The van der Waals surface area contributed by atoms with Gasteiger partial charge in [0.15, 0.2) is 0 Å². The number of para-hydroxylation sites is 1. The molecule has 0 saturated heterocycles. The first-order valence-electron chi connectivity index (χ1n) is 8.01. The molecule has 0 fully saturated rings. The van der Waals surface area contributed by atoms with Gasteiger partial charge in [-0.05, 0) is 38.5 Å². The van der Waals surface area contributed by atoms with Crippen LogP contribution in [0.2, 0.25) is 0 Å². The summed E-state index contributed by atoms with van der Waals surface area (Å²) in [5, 5.41) is 4.25. The fourth-order valence-corrected chi connectivity index (χ4v) is 2.39. The van der Waals surface area contributed by atoms with Crippen molar-refractivity contribution < 1.29 is 4.79 Å². The summed E-state index contributed by atoms with van der Waals surface area (Å²) in [6.45, 7) is 6.50. The number of benzene rings is 1. The Labute approximate surface area is 136 Å². The quantitative estimate of drug-likeness (QED) is 0.823. The highest BCUT2D eigenvalue weighted by molar-refractivity contribution is 6.05. The van der Waals surface area contributed by atoms with Crippen molar-refractivity contribution in [2.45, 2.75) is 46.2 Å². The highest BCUT2D eigenvalue weighted by atomic mass is 16.2. The van der Waals surface area contributed by atoms with E-state index in [4.69, 9.17) is 0 Å². The van der Waals surface area contributed by atoms with Gasteiger partial charge in [-0.1, -0.05) is 31.5 Å². The van der Waals surface area contributed by atoms with Crippen LogP contribution >= 0.6 is 0 Å². The van der Waals surface area contributed by atoms with Crippen LogP contribution in [0.5, 0.6) is 0 Å². The maximum atomic E-state index is 12.9. The van der Waals surface area contributed by atoms with Crippen LogP contribution in [0.1, 0.15) is 44.1 Å². The molecule has 5 nitrogen and oxygen atoms in total. The van der Waals surface area contributed by atoms with E-state index < -0.39 is 0 Å². The Kier molecular flexibility index (Phi) is 5.68. The lowest BCUT2D eigenvalue weighted by Gasteiger charge is -2.26. The fraction of sp³-hybridized carbons (Fsp3) is 0.389. The van der Waals surface area contributed by atoms with Crippen LogP contribution in [0.25, 0.3) is 0 Å². The molecule has 1 aromatic heterocycles. The Morgan fingerprint density at radius 2 is 1.87 bits per heavy atom. The number of hydrogen-bond acceptors (Lipinski definition) is 3. The van der Waals surface area contributed by atoms with Gasteiger partial charge in [-0.15, -0.1) is 0 Å². The van der Waals surface area contributed by atoms with Gasteiger partial charge in [-0.25, -0.2) is 4.68 Å². The molecule has 0 N–H and O–H groups in total. The number of rotatable bonds is 6. The zero-order valence-electron chi connectivity index (χ0n) is 13.9. The molecule has 1 heterocycles. The topological polar surface area (TPSA) is 55.2 Å². The highest BCUT2D eigenvalue weighted by Gasteiger charge is 2.22. The van der Waals surface area contributed by atoms with E-state index in [1.54, 1.807) is 4.90 Å². The second kappa shape index (κ2) is 7.72. The first kappa shape index (κ1) is 16.9. The number of amides is 1. The molecule has 0 aliphatic rings. The molecule has 5 heteroatoms. The van der Waals surface area contributed by atoms with Crippen molar-refractivity contribution in [1.29, 1.82) is 0 Å². The molecule has 0 spiro atoms. The SMILES string of the molecule is CCCCn1nc(C(=O)N(c2ccccc2)C(C)C)ccc1=O. The third kappa shape index (κ3) is 4.06. The molecule has 1 amide bonds. The molecule has 23 heavy (non-hydrogen) atoms. The highest BCUT2D eigenvalue weighted by Crippen LogP contribution is 2.18. The van der Waals surface area contributed by atoms with E-state index >= 15 is 0 Å². The summed E-state index contributed by atoms with van der Waals surface area (Å²) in [4.78, 5) is 26.4. The molecule has 0 aliphatic carbocycles. The minimum absolute atomic E-state index is 0.0114. The Bertz CT molecular complexity index is 708. The predicted octanol–water partition coefficient (Wildman–Crippen LogP) is 3.10. The molecular weight excluding hydrogens is 290 g/mol. The maximum Gasteiger partial charge on any atom is 0.278 e. The van der Waals surface area contributed by atoms with Crippen molar-refractivity contribution in [2.75, 3.05) is 4.90 Å². The molecule has 0 saturated carbocycles. The lowest BCUT2D eigenvalue weighted by atomic mass is 10.2. The van der Waals surface area contributed by atoms with Crippen LogP contribution in [0.3, 0.4) is 0 Å². The molecule has 0 atom stereocenters. The number of hydrogen-bond donors (Lipinski definition) is 0. The molecule has 0 unspecified atom stereocenters. The third-order valence-corrected chi connectivity index (χ3v) is 3.58. The van der Waals surface area contributed by atoms with E-state index in [9.17, 15) is 9.59 Å². The number of aryl methyl sites for hydroxylation is 1. The van der Waals surface area contributed by atoms with Crippen molar-refractivity contribution in [3.63, 3.8) is 0 Å². The first-order valence-corrected chi connectivity index (χ1v) is 8.01. The Balaban J connectivity index is 2.35. The van der Waals surface area contributed by atoms with Gasteiger partial charge in [0.2, 0.25) is 0 Å². The minimum Gasteiger partial charge on any atom is -0.304 e. The van der Waals surface area contributed by atoms with Crippen LogP contribution in [-0.4, -0.2) is 21.7 Å². The second-order valence-corrected chi connectivity index (χ2v) is 5.74. The minimum atomic E-state index is -0.198. The zero-order valence-corrected chi connectivity index (χ0v) is 13.9. The Hall–Kier alpha value is -2.43.